The average molecular weight is 1100 g/mol. The third kappa shape index (κ3) is 18.1. The molecule has 1 aliphatic heterocycles. The number of alkyl carbamates (subject to hydrolysis) is 1. The number of nitrogen functional groups attached to an aromatic ring is 1. The summed E-state index contributed by atoms with van der Waals surface area (Å²) in [5.74, 6) is 5.60. The fourth-order valence-electron chi connectivity index (χ4n) is 7.11. The van der Waals surface area contributed by atoms with Crippen molar-refractivity contribution in [2.75, 3.05) is 31.4 Å². The topological polar surface area (TPSA) is 347 Å². The van der Waals surface area contributed by atoms with Gasteiger partial charge in [-0.1, -0.05) is 72.4 Å². The number of aromatic nitrogens is 3. The number of anilines is 1. The molecule has 1 saturated heterocycles. The third-order valence-electron chi connectivity index (χ3n) is 10.3. The first-order valence-electron chi connectivity index (χ1n) is 22.2. The van der Waals surface area contributed by atoms with E-state index in [1.54, 1.807) is 58.0 Å². The fraction of sp³-hybridized carbons (Fsp3) is 0.442. The van der Waals surface area contributed by atoms with Crippen LogP contribution in [-0.2, 0) is 47.5 Å². The Morgan fingerprint density at radius 3 is 2.50 bits per heavy atom. The number of nitrogens with two attached hydrogens (primary N) is 1. The number of azo groups is 1. The summed E-state index contributed by atoms with van der Waals surface area (Å²) in [7, 11) is -13.9. The number of carbonyl (C=O) groups excluding carboxylic acids is 2. The van der Waals surface area contributed by atoms with Crippen LogP contribution in [0.1, 0.15) is 87.0 Å². The van der Waals surface area contributed by atoms with Gasteiger partial charge in [0, 0.05) is 29.5 Å². The Labute approximate surface area is 422 Å². The summed E-state index contributed by atoms with van der Waals surface area (Å²) >= 11 is 0. The number of aromatic hydroxyl groups is 1. The van der Waals surface area contributed by atoms with Gasteiger partial charge in [0.2, 0.25) is 0 Å². The molecule has 6 rings (SSSR count). The maximum absolute atomic E-state index is 13.1. The van der Waals surface area contributed by atoms with Crippen molar-refractivity contribution in [3.63, 3.8) is 0 Å². The van der Waals surface area contributed by atoms with Crippen LogP contribution in [0.2, 0.25) is 0 Å². The van der Waals surface area contributed by atoms with Crippen molar-refractivity contribution >= 4 is 85.3 Å². The molecule has 2 amide bonds. The van der Waals surface area contributed by atoms with E-state index in [4.69, 9.17) is 34.3 Å². The maximum atomic E-state index is 13.1. The van der Waals surface area contributed by atoms with E-state index in [1.807, 2.05) is 20.8 Å². The highest BCUT2D eigenvalue weighted by molar-refractivity contribution is 8.77. The van der Waals surface area contributed by atoms with Crippen LogP contribution in [0.4, 0.5) is 22.0 Å². The number of hydrogen-bond donors (Lipinski definition) is 8. The quantitative estimate of drug-likeness (QED) is 0.00785. The van der Waals surface area contributed by atoms with Crippen LogP contribution in [0, 0.1) is 11.8 Å². The van der Waals surface area contributed by atoms with Crippen molar-refractivity contribution in [2.24, 2.45) is 10.2 Å². The highest BCUT2D eigenvalue weighted by atomic mass is 33.1. The molecule has 0 spiro atoms. The van der Waals surface area contributed by atoms with E-state index in [1.165, 1.54) is 23.2 Å². The molecule has 2 aromatic heterocycles. The van der Waals surface area contributed by atoms with E-state index in [0.717, 1.165) is 37.7 Å². The molecular weight excluding hydrogens is 1040 g/mol. The highest BCUT2D eigenvalue weighted by Gasteiger charge is 2.44. The molecule has 2 aromatic carbocycles. The van der Waals surface area contributed by atoms with Gasteiger partial charge in [0.25, 0.3) is 5.91 Å². The SMILES string of the molecule is CC(C)(C)SSCOC1C[C@H](n2cc(C#CCNC(=O)c3ccc(N=Nc4cc(CCNC(=O)OC5CC/C=C/CCC5)ccc4O)cc3)c3c(N)ncnc32)O[C@@H]1COP(=O)(O)OP(=O)(O)OP(=O)(O)O. The second kappa shape index (κ2) is 25.5. The summed E-state index contributed by atoms with van der Waals surface area (Å²) in [4.78, 5) is 71.4. The number of phenols is 1. The van der Waals surface area contributed by atoms with Crippen molar-refractivity contribution in [2.45, 2.75) is 95.0 Å². The number of fused-ring (bicyclic) bond motifs is 1. The summed E-state index contributed by atoms with van der Waals surface area (Å²) < 4.78 is 67.5. The lowest BCUT2D eigenvalue weighted by Crippen LogP contribution is -2.30. The number of carbonyl (C=O) groups is 2. The van der Waals surface area contributed by atoms with Crippen LogP contribution in [0.25, 0.3) is 11.0 Å². The van der Waals surface area contributed by atoms with Crippen LogP contribution in [0.15, 0.2) is 77.4 Å². The largest absolute Gasteiger partial charge is 0.506 e. The number of amides is 2. The molecule has 2 aliphatic rings. The number of ether oxygens (including phenoxy) is 3. The fourth-order valence-corrected chi connectivity index (χ4v) is 12.1. The number of benzene rings is 2. The number of hydrogen-bond acceptors (Lipinski definition) is 19. The Kier molecular flexibility index (Phi) is 20.1. The second-order valence-electron chi connectivity index (χ2n) is 17.0. The molecular formula is C43H55N8O16P3S2. The highest BCUT2D eigenvalue weighted by Crippen LogP contribution is 2.66. The number of phenolic OH excluding ortho intramolecular Hbond substituents is 1. The van der Waals surface area contributed by atoms with Gasteiger partial charge >= 0.3 is 29.6 Å². The van der Waals surface area contributed by atoms with Crippen molar-refractivity contribution < 1.29 is 75.3 Å². The smallest absolute Gasteiger partial charge is 0.490 e. The standard InChI is InChI=1S/C43H55N8O16P3S2/c1-43(2,3)72-71-27-62-35-23-37(65-36(35)25-63-69(58,59)67-70(60,61)66-68(55,56)57)51-24-30(38-39(44)47-26-48-40(38)51)10-9-20-45-41(53)29-14-16-31(17-15-29)49-50-33-22-28(13-18-34(33)52)19-21-46-42(54)64-32-11-7-5-4-6-8-12-32/h4-5,13-18,22,24,26,32,35-37,52H,6-8,11-12,19-21,23,25,27H2,1-3H3,(H,45,53)(H,46,54)(H,58,59)(H,60,61)(H2,44,47,48)(H2,55,56,57)/b5-4+,50-49?/t32?,35?,36-,37-/m1/s1. The lowest BCUT2D eigenvalue weighted by molar-refractivity contribution is -0.0520. The van der Waals surface area contributed by atoms with E-state index in [-0.39, 0.29) is 47.0 Å². The van der Waals surface area contributed by atoms with E-state index in [0.29, 0.717) is 40.8 Å². The number of nitrogens with one attached hydrogen (secondary N) is 2. The number of nitrogens with zero attached hydrogens (tertiary/aromatic N) is 5. The zero-order valence-electron chi connectivity index (χ0n) is 39.1. The minimum Gasteiger partial charge on any atom is -0.506 e. The van der Waals surface area contributed by atoms with Gasteiger partial charge in [0.15, 0.2) is 0 Å². The van der Waals surface area contributed by atoms with Gasteiger partial charge < -0.3 is 59.8 Å². The lowest BCUT2D eigenvalue weighted by Gasteiger charge is -2.22. The van der Waals surface area contributed by atoms with Gasteiger partial charge in [-0.2, -0.15) is 13.7 Å². The van der Waals surface area contributed by atoms with Crippen LogP contribution in [0.3, 0.4) is 0 Å². The van der Waals surface area contributed by atoms with Crippen molar-refractivity contribution in [1.29, 1.82) is 0 Å². The van der Waals surface area contributed by atoms with E-state index in [2.05, 4.69) is 63.4 Å². The van der Waals surface area contributed by atoms with Gasteiger partial charge in [-0.3, -0.25) is 9.32 Å². The van der Waals surface area contributed by atoms with E-state index < -0.39 is 60.5 Å². The number of rotatable bonds is 20. The molecule has 24 nitrogen and oxygen atoms in total. The molecule has 1 fully saturated rings. The second-order valence-corrected chi connectivity index (χ2v) is 24.5. The van der Waals surface area contributed by atoms with Gasteiger partial charge in [0.1, 0.15) is 53.6 Å². The van der Waals surface area contributed by atoms with Gasteiger partial charge in [-0.15, -0.1) is 5.11 Å². The number of phosphoric ester groups is 1. The Hall–Kier alpha value is -4.67. The number of allylic oxidation sites excluding steroid dienone is 2. The Balaban J connectivity index is 1.05. The molecule has 4 unspecified atom stereocenters. The summed E-state index contributed by atoms with van der Waals surface area (Å²) in [6, 6.07) is 11.2. The predicted molar refractivity (Wildman–Crippen MR) is 267 cm³/mol. The van der Waals surface area contributed by atoms with E-state index >= 15 is 0 Å². The van der Waals surface area contributed by atoms with Crippen LogP contribution < -0.4 is 16.4 Å². The predicted octanol–water partition coefficient (Wildman–Crippen LogP) is 8.23. The molecule has 9 N–H and O–H groups in total. The lowest BCUT2D eigenvalue weighted by atomic mass is 10.0. The minimum absolute atomic E-state index is 0.0847. The van der Waals surface area contributed by atoms with Crippen LogP contribution >= 0.6 is 45.1 Å². The van der Waals surface area contributed by atoms with Gasteiger partial charge in [0.05, 0.1) is 35.9 Å². The molecule has 29 heteroatoms. The first-order valence-corrected chi connectivity index (χ1v) is 29.0. The first kappa shape index (κ1) is 56.6. The molecule has 4 aromatic rings. The molecule has 1 aliphatic carbocycles. The first-order chi connectivity index (χ1) is 34.0. The zero-order chi connectivity index (χ0) is 52.1. The van der Waals surface area contributed by atoms with Crippen molar-refractivity contribution in [1.82, 2.24) is 25.2 Å². The van der Waals surface area contributed by atoms with Gasteiger partial charge in [-0.05, 0) is 80.5 Å². The Morgan fingerprint density at radius 1 is 0.986 bits per heavy atom. The molecule has 0 bridgehead atoms. The van der Waals surface area contributed by atoms with Gasteiger partial charge in [-0.25, -0.2) is 28.5 Å². The zero-order valence-corrected chi connectivity index (χ0v) is 43.5. The molecule has 0 saturated carbocycles. The Bertz CT molecular complexity index is 2820. The van der Waals surface area contributed by atoms with Crippen molar-refractivity contribution in [3.05, 3.63) is 83.8 Å². The minimum atomic E-state index is -5.77. The summed E-state index contributed by atoms with van der Waals surface area (Å²) in [6.07, 6.45) is 8.78. The Morgan fingerprint density at radius 2 is 1.75 bits per heavy atom. The van der Waals surface area contributed by atoms with Crippen LogP contribution in [-0.4, -0.2) is 99.9 Å². The monoisotopic (exact) mass is 1100 g/mol. The normalized spacial score (nSPS) is 20.7. The third-order valence-corrected chi connectivity index (χ3v) is 17.1. The summed E-state index contributed by atoms with van der Waals surface area (Å²) in [5, 5.41) is 24.7. The molecule has 72 heavy (non-hydrogen) atoms. The van der Waals surface area contributed by atoms with Crippen molar-refractivity contribution in [3.8, 4) is 17.6 Å². The molecule has 0 radical (unpaired) electrons. The van der Waals surface area contributed by atoms with E-state index in [9.17, 15) is 38.2 Å². The molecule has 3 heterocycles. The number of phosphoric acid groups is 3. The summed E-state index contributed by atoms with van der Waals surface area (Å²) in [6.45, 7) is 5.51. The molecule has 6 atom stereocenters. The molecule has 390 valence electrons. The summed E-state index contributed by atoms with van der Waals surface area (Å²) in [5.41, 5.74) is 8.70. The average Bonchev–Trinajstić information content (AvgIpc) is 3.87. The maximum Gasteiger partial charge on any atom is 0.490 e. The van der Waals surface area contributed by atoms with Crippen LogP contribution in [0.5, 0.6) is 5.75 Å².